The molecule has 1 saturated heterocycles. The average molecular weight is 280 g/mol. The van der Waals surface area contributed by atoms with Gasteiger partial charge in [-0.1, -0.05) is 0 Å². The first-order valence-electron chi connectivity index (χ1n) is 6.73. The Bertz CT molecular complexity index is 464. The number of pyridine rings is 1. The first kappa shape index (κ1) is 14.7. The summed E-state index contributed by atoms with van der Waals surface area (Å²) >= 11 is 0. The summed E-state index contributed by atoms with van der Waals surface area (Å²) in [5.41, 5.74) is 0.122. The van der Waals surface area contributed by atoms with Gasteiger partial charge in [-0.05, 0) is 19.9 Å². The van der Waals surface area contributed by atoms with Gasteiger partial charge in [0.2, 0.25) is 0 Å². The minimum atomic E-state index is -1.02. The van der Waals surface area contributed by atoms with E-state index in [2.05, 4.69) is 23.7 Å². The lowest BCUT2D eigenvalue weighted by molar-refractivity contribution is -0.0566. The molecule has 1 unspecified atom stereocenters. The van der Waals surface area contributed by atoms with Crippen molar-refractivity contribution in [3.05, 3.63) is 24.0 Å². The van der Waals surface area contributed by atoms with E-state index in [1.807, 2.05) is 0 Å². The highest BCUT2D eigenvalue weighted by molar-refractivity contribution is 5.90. The standard InChI is InChI=1S/C14H20N2O4/c1-10(2)16-5-6-19-11(8-16)9-20-13-7-15-4-3-12(13)14(17)18/h3-4,7,10-11H,5-6,8-9H2,1-2H3,(H,17,18). The van der Waals surface area contributed by atoms with Crippen molar-refractivity contribution < 1.29 is 19.4 Å². The first-order valence-corrected chi connectivity index (χ1v) is 6.73. The number of hydrogen-bond donors (Lipinski definition) is 1. The summed E-state index contributed by atoms with van der Waals surface area (Å²) in [6.07, 6.45) is 2.81. The molecule has 110 valence electrons. The summed E-state index contributed by atoms with van der Waals surface area (Å²) in [5.74, 6) is -0.735. The van der Waals surface area contributed by atoms with E-state index in [-0.39, 0.29) is 17.4 Å². The molecule has 1 fully saturated rings. The second-order valence-corrected chi connectivity index (χ2v) is 5.07. The number of aromatic carboxylic acids is 1. The number of rotatable bonds is 5. The van der Waals surface area contributed by atoms with Crippen molar-refractivity contribution in [2.75, 3.05) is 26.3 Å². The molecule has 2 heterocycles. The molecule has 6 nitrogen and oxygen atoms in total. The van der Waals surface area contributed by atoms with Gasteiger partial charge in [0.1, 0.15) is 18.3 Å². The molecule has 0 amide bonds. The van der Waals surface area contributed by atoms with Crippen molar-refractivity contribution in [3.8, 4) is 5.75 Å². The van der Waals surface area contributed by atoms with E-state index in [9.17, 15) is 4.79 Å². The van der Waals surface area contributed by atoms with Gasteiger partial charge in [0.15, 0.2) is 5.75 Å². The Hall–Kier alpha value is -1.66. The fourth-order valence-corrected chi connectivity index (χ4v) is 2.17. The van der Waals surface area contributed by atoms with E-state index in [1.165, 1.54) is 18.5 Å². The van der Waals surface area contributed by atoms with Crippen molar-refractivity contribution in [1.82, 2.24) is 9.88 Å². The molecule has 1 aliphatic heterocycles. The molecule has 6 heteroatoms. The van der Waals surface area contributed by atoms with E-state index in [4.69, 9.17) is 14.6 Å². The third-order valence-electron chi connectivity index (χ3n) is 3.34. The van der Waals surface area contributed by atoms with Crippen LogP contribution in [0, 0.1) is 0 Å². The highest BCUT2D eigenvalue weighted by Gasteiger charge is 2.23. The van der Waals surface area contributed by atoms with E-state index in [1.54, 1.807) is 0 Å². The highest BCUT2D eigenvalue weighted by Crippen LogP contribution is 2.17. The number of hydrogen-bond acceptors (Lipinski definition) is 5. The molecule has 2 rings (SSSR count). The quantitative estimate of drug-likeness (QED) is 0.875. The number of carboxylic acids is 1. The van der Waals surface area contributed by atoms with Crippen LogP contribution in [0.1, 0.15) is 24.2 Å². The maximum atomic E-state index is 11.1. The number of ether oxygens (including phenoxy) is 2. The minimum Gasteiger partial charge on any atom is -0.488 e. The monoisotopic (exact) mass is 280 g/mol. The third kappa shape index (κ3) is 3.68. The SMILES string of the molecule is CC(C)N1CCOC(COc2cnccc2C(=O)O)C1. The number of aromatic nitrogens is 1. The van der Waals surface area contributed by atoms with Gasteiger partial charge in [-0.3, -0.25) is 9.88 Å². The van der Waals surface area contributed by atoms with Gasteiger partial charge in [-0.15, -0.1) is 0 Å². The van der Waals surface area contributed by atoms with Gasteiger partial charge in [0, 0.05) is 25.3 Å². The number of carboxylic acid groups (broad SMARTS) is 1. The summed E-state index contributed by atoms with van der Waals surface area (Å²) in [7, 11) is 0. The molecule has 0 aliphatic carbocycles. The number of nitrogens with zero attached hydrogens (tertiary/aromatic N) is 2. The molecular formula is C14H20N2O4. The Kier molecular flexibility index (Phi) is 4.92. The van der Waals surface area contributed by atoms with Gasteiger partial charge in [0.05, 0.1) is 12.8 Å². The Morgan fingerprint density at radius 2 is 2.45 bits per heavy atom. The fraction of sp³-hybridized carbons (Fsp3) is 0.571. The summed E-state index contributed by atoms with van der Waals surface area (Å²) in [5, 5.41) is 9.07. The predicted molar refractivity (Wildman–Crippen MR) is 73.1 cm³/mol. The van der Waals surface area contributed by atoms with Crippen LogP contribution in [0.15, 0.2) is 18.5 Å². The molecule has 0 spiro atoms. The lowest BCUT2D eigenvalue weighted by Crippen LogP contribution is -2.47. The first-order chi connectivity index (χ1) is 9.58. The topological polar surface area (TPSA) is 71.9 Å². The maximum Gasteiger partial charge on any atom is 0.339 e. The second-order valence-electron chi connectivity index (χ2n) is 5.07. The molecule has 0 radical (unpaired) electrons. The Labute approximate surface area is 118 Å². The third-order valence-corrected chi connectivity index (χ3v) is 3.34. The Morgan fingerprint density at radius 3 is 3.15 bits per heavy atom. The number of morpholine rings is 1. The molecule has 0 aromatic carbocycles. The van der Waals surface area contributed by atoms with Crippen molar-refractivity contribution >= 4 is 5.97 Å². The summed E-state index contributed by atoms with van der Waals surface area (Å²) < 4.78 is 11.2. The van der Waals surface area contributed by atoms with Gasteiger partial charge in [0.25, 0.3) is 0 Å². The zero-order chi connectivity index (χ0) is 14.5. The normalized spacial score (nSPS) is 20.1. The smallest absolute Gasteiger partial charge is 0.339 e. The van der Waals surface area contributed by atoms with Gasteiger partial charge in [-0.25, -0.2) is 4.79 Å². The molecule has 20 heavy (non-hydrogen) atoms. The summed E-state index contributed by atoms with van der Waals surface area (Å²) in [6, 6.07) is 1.90. The Morgan fingerprint density at radius 1 is 1.65 bits per heavy atom. The predicted octanol–water partition coefficient (Wildman–Crippen LogP) is 1.27. The molecule has 0 saturated carbocycles. The minimum absolute atomic E-state index is 0.0481. The largest absolute Gasteiger partial charge is 0.488 e. The molecular weight excluding hydrogens is 260 g/mol. The Balaban J connectivity index is 1.94. The molecule has 1 N–H and O–H groups in total. The highest BCUT2D eigenvalue weighted by atomic mass is 16.5. The van der Waals surface area contributed by atoms with E-state index in [0.717, 1.165) is 13.1 Å². The van der Waals surface area contributed by atoms with Gasteiger partial charge in [-0.2, -0.15) is 0 Å². The number of carbonyl (C=O) groups is 1. The van der Waals surface area contributed by atoms with Crippen molar-refractivity contribution in [2.45, 2.75) is 26.0 Å². The van der Waals surface area contributed by atoms with Crippen molar-refractivity contribution in [2.24, 2.45) is 0 Å². The van der Waals surface area contributed by atoms with Gasteiger partial charge < -0.3 is 14.6 Å². The van der Waals surface area contributed by atoms with Crippen LogP contribution in [0.3, 0.4) is 0 Å². The van der Waals surface area contributed by atoms with E-state index < -0.39 is 5.97 Å². The van der Waals surface area contributed by atoms with Crippen LogP contribution in [0.25, 0.3) is 0 Å². The molecule has 1 aromatic rings. The summed E-state index contributed by atoms with van der Waals surface area (Å²) in [6.45, 7) is 7.00. The zero-order valence-corrected chi connectivity index (χ0v) is 11.8. The molecule has 1 atom stereocenters. The van der Waals surface area contributed by atoms with Crippen LogP contribution in [0.2, 0.25) is 0 Å². The summed E-state index contributed by atoms with van der Waals surface area (Å²) in [4.78, 5) is 17.3. The van der Waals surface area contributed by atoms with Crippen LogP contribution in [-0.2, 0) is 4.74 Å². The van der Waals surface area contributed by atoms with Crippen molar-refractivity contribution in [1.29, 1.82) is 0 Å². The van der Waals surface area contributed by atoms with Crippen LogP contribution in [-0.4, -0.2) is 59.4 Å². The molecule has 0 bridgehead atoms. The lowest BCUT2D eigenvalue weighted by atomic mass is 10.2. The van der Waals surface area contributed by atoms with Crippen LogP contribution < -0.4 is 4.74 Å². The molecule has 1 aliphatic rings. The van der Waals surface area contributed by atoms with Crippen LogP contribution in [0.5, 0.6) is 5.75 Å². The second kappa shape index (κ2) is 6.67. The zero-order valence-electron chi connectivity index (χ0n) is 11.8. The molecule has 1 aromatic heterocycles. The average Bonchev–Trinajstić information content (AvgIpc) is 2.45. The lowest BCUT2D eigenvalue weighted by Gasteiger charge is -2.35. The van der Waals surface area contributed by atoms with Crippen LogP contribution >= 0.6 is 0 Å². The fourth-order valence-electron chi connectivity index (χ4n) is 2.17. The van der Waals surface area contributed by atoms with Crippen LogP contribution in [0.4, 0.5) is 0 Å². The van der Waals surface area contributed by atoms with E-state index >= 15 is 0 Å². The maximum absolute atomic E-state index is 11.1. The van der Waals surface area contributed by atoms with Crippen molar-refractivity contribution in [3.63, 3.8) is 0 Å². The van der Waals surface area contributed by atoms with Gasteiger partial charge >= 0.3 is 5.97 Å². The van der Waals surface area contributed by atoms with E-state index in [0.29, 0.717) is 19.3 Å².